The van der Waals surface area contributed by atoms with Gasteiger partial charge >= 0.3 is 17.9 Å². The zero-order valence-electron chi connectivity index (χ0n) is 48.1. The number of allylic oxidation sites excluding steroid dienone is 14. The molecule has 0 rings (SSSR count). The molecule has 0 aliphatic heterocycles. The fourth-order valence-electron chi connectivity index (χ4n) is 8.78. The van der Waals surface area contributed by atoms with Crippen molar-refractivity contribution < 1.29 is 28.6 Å². The highest BCUT2D eigenvalue weighted by Gasteiger charge is 2.19. The van der Waals surface area contributed by atoms with Crippen LogP contribution in [0.25, 0.3) is 0 Å². The van der Waals surface area contributed by atoms with E-state index < -0.39 is 6.10 Å². The molecule has 0 bridgehead atoms. The molecule has 1 atom stereocenters. The van der Waals surface area contributed by atoms with Crippen LogP contribution in [0.4, 0.5) is 0 Å². The van der Waals surface area contributed by atoms with Gasteiger partial charge in [0.05, 0.1) is 0 Å². The Morgan fingerprint density at radius 2 is 0.534 bits per heavy atom. The van der Waals surface area contributed by atoms with Gasteiger partial charge in [-0.1, -0.05) is 292 Å². The summed E-state index contributed by atoms with van der Waals surface area (Å²) in [6.45, 7) is 6.53. The van der Waals surface area contributed by atoms with Gasteiger partial charge in [0, 0.05) is 19.3 Å². The third-order valence-corrected chi connectivity index (χ3v) is 13.4. The molecule has 0 saturated carbocycles. The predicted octanol–water partition coefficient (Wildman–Crippen LogP) is 21.1. The molecule has 0 aromatic carbocycles. The van der Waals surface area contributed by atoms with Crippen molar-refractivity contribution in [1.29, 1.82) is 0 Å². The first-order valence-electron chi connectivity index (χ1n) is 31.1. The van der Waals surface area contributed by atoms with Crippen molar-refractivity contribution in [2.45, 2.75) is 309 Å². The van der Waals surface area contributed by atoms with Crippen LogP contribution in [0.2, 0.25) is 0 Å². The van der Waals surface area contributed by atoms with Crippen LogP contribution >= 0.6 is 0 Å². The van der Waals surface area contributed by atoms with E-state index in [1.807, 2.05) is 0 Å². The summed E-state index contributed by atoms with van der Waals surface area (Å²) in [7, 11) is 0. The highest BCUT2D eigenvalue weighted by molar-refractivity contribution is 5.71. The molecule has 0 fully saturated rings. The molecule has 0 aromatic rings. The van der Waals surface area contributed by atoms with Gasteiger partial charge in [0.15, 0.2) is 6.10 Å². The SMILES string of the molecule is CC/C=C\C/C=C\C/C=C\C/C=C\C/C=C\C/C=C\C/C=C\CCCCCCCC(=O)OCC(COC(=O)CCCCCCCCCCCCC)OC(=O)CCCCCCCCCCCCCCCCCCC. The average molecular weight is 1020 g/mol. The molecule has 0 aromatic heterocycles. The molecular weight excluding hydrogens is 901 g/mol. The van der Waals surface area contributed by atoms with Gasteiger partial charge in [0.1, 0.15) is 13.2 Å². The molecular formula is C67H116O6. The van der Waals surface area contributed by atoms with Crippen LogP contribution in [-0.2, 0) is 28.6 Å². The third-order valence-electron chi connectivity index (χ3n) is 13.4. The number of hydrogen-bond donors (Lipinski definition) is 0. The monoisotopic (exact) mass is 1020 g/mol. The number of ether oxygens (including phenoxy) is 3. The maximum Gasteiger partial charge on any atom is 0.306 e. The molecule has 0 saturated heterocycles. The van der Waals surface area contributed by atoms with Gasteiger partial charge in [-0.05, 0) is 77.0 Å². The van der Waals surface area contributed by atoms with Crippen molar-refractivity contribution in [3.05, 3.63) is 85.1 Å². The summed E-state index contributed by atoms with van der Waals surface area (Å²) in [6, 6.07) is 0. The Kier molecular flexibility index (Phi) is 58.3. The number of rotatable bonds is 56. The highest BCUT2D eigenvalue weighted by Crippen LogP contribution is 2.16. The molecule has 0 amide bonds. The second kappa shape index (κ2) is 61.1. The lowest BCUT2D eigenvalue weighted by molar-refractivity contribution is -0.167. The van der Waals surface area contributed by atoms with Crippen molar-refractivity contribution in [1.82, 2.24) is 0 Å². The summed E-state index contributed by atoms with van der Waals surface area (Å²) in [6.07, 6.45) is 80.1. The van der Waals surface area contributed by atoms with Crippen molar-refractivity contribution in [3.63, 3.8) is 0 Å². The van der Waals surface area contributed by atoms with Gasteiger partial charge < -0.3 is 14.2 Å². The van der Waals surface area contributed by atoms with Crippen LogP contribution in [0.5, 0.6) is 0 Å². The second-order valence-corrected chi connectivity index (χ2v) is 20.6. The van der Waals surface area contributed by atoms with Crippen LogP contribution in [0, 0.1) is 0 Å². The number of carbonyl (C=O) groups excluding carboxylic acids is 3. The van der Waals surface area contributed by atoms with Crippen LogP contribution in [0.1, 0.15) is 303 Å². The summed E-state index contributed by atoms with van der Waals surface area (Å²) in [5, 5.41) is 0. The molecule has 0 radical (unpaired) electrons. The van der Waals surface area contributed by atoms with E-state index in [0.717, 1.165) is 122 Å². The van der Waals surface area contributed by atoms with Crippen molar-refractivity contribution >= 4 is 17.9 Å². The number of hydrogen-bond acceptors (Lipinski definition) is 6. The Labute approximate surface area is 452 Å². The molecule has 0 aliphatic carbocycles. The van der Waals surface area contributed by atoms with Gasteiger partial charge in [-0.25, -0.2) is 0 Å². The molecule has 0 heterocycles. The minimum Gasteiger partial charge on any atom is -0.462 e. The minimum absolute atomic E-state index is 0.0786. The largest absolute Gasteiger partial charge is 0.462 e. The lowest BCUT2D eigenvalue weighted by atomic mass is 10.0. The number of carbonyl (C=O) groups is 3. The third kappa shape index (κ3) is 59.3. The summed E-state index contributed by atoms with van der Waals surface area (Å²) in [4.78, 5) is 38.2. The first-order valence-corrected chi connectivity index (χ1v) is 31.1. The average Bonchev–Trinajstić information content (AvgIpc) is 3.39. The molecule has 73 heavy (non-hydrogen) atoms. The Bertz CT molecular complexity index is 1400. The first-order chi connectivity index (χ1) is 36.0. The summed E-state index contributed by atoms with van der Waals surface area (Å²) >= 11 is 0. The molecule has 6 nitrogen and oxygen atoms in total. The molecule has 1 unspecified atom stereocenters. The Balaban J connectivity index is 4.31. The summed E-state index contributed by atoms with van der Waals surface area (Å²) < 4.78 is 16.9. The van der Waals surface area contributed by atoms with Crippen LogP contribution in [0.3, 0.4) is 0 Å². The Morgan fingerprint density at radius 3 is 0.836 bits per heavy atom. The number of esters is 3. The van der Waals surface area contributed by atoms with Gasteiger partial charge in [-0.3, -0.25) is 14.4 Å². The van der Waals surface area contributed by atoms with Gasteiger partial charge in [-0.2, -0.15) is 0 Å². The first kappa shape index (κ1) is 69.6. The Morgan fingerprint density at radius 1 is 0.288 bits per heavy atom. The van der Waals surface area contributed by atoms with Crippen molar-refractivity contribution in [2.75, 3.05) is 13.2 Å². The zero-order valence-corrected chi connectivity index (χ0v) is 48.1. The molecule has 0 spiro atoms. The quantitative estimate of drug-likeness (QED) is 0.0261. The predicted molar refractivity (Wildman–Crippen MR) is 316 cm³/mol. The van der Waals surface area contributed by atoms with Gasteiger partial charge in [0.2, 0.25) is 0 Å². The van der Waals surface area contributed by atoms with Crippen LogP contribution in [0.15, 0.2) is 85.1 Å². The second-order valence-electron chi connectivity index (χ2n) is 20.6. The maximum atomic E-state index is 12.9. The summed E-state index contributed by atoms with van der Waals surface area (Å²) in [5.74, 6) is -0.886. The standard InChI is InChI=1S/C67H116O6/c1-4-7-10-13-16-19-22-24-26-28-29-30-31-32-33-34-35-36-37-39-40-42-45-48-51-54-57-60-66(69)72-63-64(62-71-65(68)59-56-53-50-47-44-21-18-15-12-9-6-3)73-67(70)61-58-55-52-49-46-43-41-38-27-25-23-20-17-14-11-8-5-2/h7,10,16,19,24,26,29-30,32-33,35-36,39-40,64H,4-6,8-9,11-15,17-18,20-23,25,27-28,31,34,37-38,41-63H2,1-3H3/b10-7-,19-16-,26-24-,30-29-,33-32-,36-35-,40-39-. The number of unbranched alkanes of at least 4 members (excludes halogenated alkanes) is 31. The van der Waals surface area contributed by atoms with E-state index in [-0.39, 0.29) is 31.1 Å². The topological polar surface area (TPSA) is 78.9 Å². The smallest absolute Gasteiger partial charge is 0.306 e. The lowest BCUT2D eigenvalue weighted by Gasteiger charge is -2.18. The fourth-order valence-corrected chi connectivity index (χ4v) is 8.78. The van der Waals surface area contributed by atoms with E-state index >= 15 is 0 Å². The maximum absolute atomic E-state index is 12.9. The van der Waals surface area contributed by atoms with Crippen molar-refractivity contribution in [2.24, 2.45) is 0 Å². The van der Waals surface area contributed by atoms with E-state index in [0.29, 0.717) is 19.3 Å². The van der Waals surface area contributed by atoms with Gasteiger partial charge in [0.25, 0.3) is 0 Å². The molecule has 0 N–H and O–H groups in total. The van der Waals surface area contributed by atoms with E-state index in [9.17, 15) is 14.4 Å². The van der Waals surface area contributed by atoms with Crippen molar-refractivity contribution in [3.8, 4) is 0 Å². The van der Waals surface area contributed by atoms with E-state index in [2.05, 4.69) is 106 Å². The van der Waals surface area contributed by atoms with Crippen LogP contribution in [-0.4, -0.2) is 37.2 Å². The highest BCUT2D eigenvalue weighted by atomic mass is 16.6. The molecule has 6 heteroatoms. The normalized spacial score (nSPS) is 12.6. The Hall–Kier alpha value is -3.41. The van der Waals surface area contributed by atoms with Gasteiger partial charge in [-0.15, -0.1) is 0 Å². The molecule has 420 valence electrons. The minimum atomic E-state index is -0.782. The summed E-state index contributed by atoms with van der Waals surface area (Å²) in [5.41, 5.74) is 0. The lowest BCUT2D eigenvalue weighted by Crippen LogP contribution is -2.30. The zero-order chi connectivity index (χ0) is 52.9. The van der Waals surface area contributed by atoms with E-state index in [1.54, 1.807) is 0 Å². The van der Waals surface area contributed by atoms with Crippen LogP contribution < -0.4 is 0 Å². The molecule has 0 aliphatic rings. The van der Waals surface area contributed by atoms with E-state index in [1.165, 1.54) is 141 Å². The van der Waals surface area contributed by atoms with E-state index in [4.69, 9.17) is 14.2 Å². The fraction of sp³-hybridized carbons (Fsp3) is 0.746.